The molecule has 3 N–H and O–H groups in total. The minimum atomic E-state index is -0.407. The molecule has 1 aliphatic heterocycles. The summed E-state index contributed by atoms with van der Waals surface area (Å²) in [7, 11) is 0. The Labute approximate surface area is 161 Å². The highest BCUT2D eigenvalue weighted by atomic mass is 35.5. The number of halogens is 2. The number of para-hydroxylation sites is 1. The quantitative estimate of drug-likeness (QED) is 0.677. The van der Waals surface area contributed by atoms with Gasteiger partial charge >= 0.3 is 0 Å². The maximum absolute atomic E-state index is 12.9. The van der Waals surface area contributed by atoms with Crippen LogP contribution < -0.4 is 16.0 Å². The lowest BCUT2D eigenvalue weighted by Crippen LogP contribution is -2.45. The Kier molecular flexibility index (Phi) is 5.27. The number of amides is 1. The fourth-order valence-electron chi connectivity index (χ4n) is 2.68. The second-order valence-corrected chi connectivity index (χ2v) is 6.81. The van der Waals surface area contributed by atoms with E-state index in [4.69, 9.17) is 35.4 Å². The molecule has 4 nitrogen and oxygen atoms in total. The molecule has 2 aromatic rings. The van der Waals surface area contributed by atoms with Crippen molar-refractivity contribution in [2.45, 2.75) is 13.0 Å². The molecule has 0 radical (unpaired) electrons. The Morgan fingerprint density at radius 3 is 2.64 bits per heavy atom. The summed E-state index contributed by atoms with van der Waals surface area (Å²) in [5, 5.41) is 10.5. The van der Waals surface area contributed by atoms with Crippen molar-refractivity contribution in [3.63, 3.8) is 0 Å². The van der Waals surface area contributed by atoms with Gasteiger partial charge in [-0.1, -0.05) is 47.5 Å². The number of nitrogens with one attached hydrogen (secondary N) is 3. The summed E-state index contributed by atoms with van der Waals surface area (Å²) in [6.07, 6.45) is 0. The van der Waals surface area contributed by atoms with Gasteiger partial charge in [-0.25, -0.2) is 0 Å². The van der Waals surface area contributed by atoms with Crippen molar-refractivity contribution in [3.05, 3.63) is 75.4 Å². The summed E-state index contributed by atoms with van der Waals surface area (Å²) in [4.78, 5) is 12.9. The average molecular weight is 392 g/mol. The van der Waals surface area contributed by atoms with Crippen molar-refractivity contribution in [3.8, 4) is 0 Å². The van der Waals surface area contributed by atoms with Gasteiger partial charge in [0.25, 0.3) is 5.91 Å². The highest BCUT2D eigenvalue weighted by Crippen LogP contribution is 2.30. The summed E-state index contributed by atoms with van der Waals surface area (Å²) in [6, 6.07) is 14.0. The van der Waals surface area contributed by atoms with Crippen LogP contribution in [0.4, 0.5) is 5.69 Å². The van der Waals surface area contributed by atoms with Gasteiger partial charge in [0.1, 0.15) is 0 Å². The van der Waals surface area contributed by atoms with Crippen molar-refractivity contribution in [2.75, 3.05) is 5.32 Å². The van der Waals surface area contributed by atoms with E-state index in [1.54, 1.807) is 24.3 Å². The zero-order valence-corrected chi connectivity index (χ0v) is 15.6. The van der Waals surface area contributed by atoms with Crippen LogP contribution in [0.5, 0.6) is 0 Å². The van der Waals surface area contributed by atoms with Gasteiger partial charge in [0.2, 0.25) is 0 Å². The number of thiocarbonyl (C=S) groups is 1. The van der Waals surface area contributed by atoms with Gasteiger partial charge in [0.05, 0.1) is 22.3 Å². The SMILES string of the molecule is CC1=C(C(=O)Nc2ccccc2Cl)C(c2cccc(Cl)c2)NC(=S)N1. The molecule has 1 amide bonds. The summed E-state index contributed by atoms with van der Waals surface area (Å²) in [5.41, 5.74) is 2.60. The molecule has 1 unspecified atom stereocenters. The van der Waals surface area contributed by atoms with Crippen LogP contribution >= 0.6 is 35.4 Å². The maximum atomic E-state index is 12.9. The van der Waals surface area contributed by atoms with E-state index in [0.717, 1.165) is 5.56 Å². The topological polar surface area (TPSA) is 53.2 Å². The number of carbonyl (C=O) groups is 1. The van der Waals surface area contributed by atoms with Crippen LogP contribution in [0.1, 0.15) is 18.5 Å². The second kappa shape index (κ2) is 7.44. The maximum Gasteiger partial charge on any atom is 0.255 e. The number of allylic oxidation sites excluding steroid dienone is 1. The van der Waals surface area contributed by atoms with Crippen LogP contribution in [0.25, 0.3) is 0 Å². The van der Waals surface area contributed by atoms with Crippen LogP contribution in [0.2, 0.25) is 10.0 Å². The molecule has 1 heterocycles. The summed E-state index contributed by atoms with van der Waals surface area (Å²) < 4.78 is 0. The van der Waals surface area contributed by atoms with E-state index in [1.165, 1.54) is 0 Å². The summed E-state index contributed by atoms with van der Waals surface area (Å²) in [6.45, 7) is 1.81. The van der Waals surface area contributed by atoms with E-state index < -0.39 is 6.04 Å². The molecule has 2 aromatic carbocycles. The Hall–Kier alpha value is -2.08. The van der Waals surface area contributed by atoms with Crippen LogP contribution in [-0.2, 0) is 4.79 Å². The third-order valence-corrected chi connectivity index (χ3v) is 4.60. The van der Waals surface area contributed by atoms with Crippen LogP contribution in [0, 0.1) is 0 Å². The van der Waals surface area contributed by atoms with E-state index in [0.29, 0.717) is 32.1 Å². The van der Waals surface area contributed by atoms with Gasteiger partial charge < -0.3 is 16.0 Å². The van der Waals surface area contributed by atoms with E-state index in [-0.39, 0.29) is 5.91 Å². The first-order valence-corrected chi connectivity index (χ1v) is 8.72. The highest BCUT2D eigenvalue weighted by molar-refractivity contribution is 7.80. The zero-order chi connectivity index (χ0) is 18.0. The number of rotatable bonds is 3. The van der Waals surface area contributed by atoms with Gasteiger partial charge in [0, 0.05) is 10.7 Å². The minimum Gasteiger partial charge on any atom is -0.351 e. The van der Waals surface area contributed by atoms with E-state index in [2.05, 4.69) is 16.0 Å². The zero-order valence-electron chi connectivity index (χ0n) is 13.3. The molecule has 25 heavy (non-hydrogen) atoms. The van der Waals surface area contributed by atoms with Gasteiger partial charge in [-0.05, 0) is 49.0 Å². The molecule has 7 heteroatoms. The molecular weight excluding hydrogens is 377 g/mol. The molecule has 0 bridgehead atoms. The van der Waals surface area contributed by atoms with Crippen molar-refractivity contribution < 1.29 is 4.79 Å². The molecule has 0 saturated heterocycles. The lowest BCUT2D eigenvalue weighted by Gasteiger charge is -2.30. The molecule has 128 valence electrons. The van der Waals surface area contributed by atoms with E-state index in [1.807, 2.05) is 31.2 Å². The van der Waals surface area contributed by atoms with Crippen LogP contribution in [0.15, 0.2) is 59.8 Å². The third kappa shape index (κ3) is 3.95. The molecule has 0 aromatic heterocycles. The molecule has 0 fully saturated rings. The van der Waals surface area contributed by atoms with Crippen molar-refractivity contribution in [1.29, 1.82) is 0 Å². The fraction of sp³-hybridized carbons (Fsp3) is 0.111. The second-order valence-electron chi connectivity index (χ2n) is 5.56. The van der Waals surface area contributed by atoms with Crippen LogP contribution in [-0.4, -0.2) is 11.0 Å². The van der Waals surface area contributed by atoms with Gasteiger partial charge in [-0.3, -0.25) is 4.79 Å². The predicted octanol–water partition coefficient (Wildman–Crippen LogP) is 4.42. The Bertz CT molecular complexity index is 882. The largest absolute Gasteiger partial charge is 0.351 e. The highest BCUT2D eigenvalue weighted by Gasteiger charge is 2.30. The molecule has 0 spiro atoms. The number of hydrogen-bond acceptors (Lipinski definition) is 2. The summed E-state index contributed by atoms with van der Waals surface area (Å²) >= 11 is 17.5. The van der Waals surface area contributed by atoms with Crippen LogP contribution in [0.3, 0.4) is 0 Å². The monoisotopic (exact) mass is 391 g/mol. The predicted molar refractivity (Wildman–Crippen MR) is 106 cm³/mol. The van der Waals surface area contributed by atoms with Crippen molar-refractivity contribution in [1.82, 2.24) is 10.6 Å². The van der Waals surface area contributed by atoms with E-state index >= 15 is 0 Å². The minimum absolute atomic E-state index is 0.266. The first-order chi connectivity index (χ1) is 12.0. The van der Waals surface area contributed by atoms with Crippen molar-refractivity contribution in [2.24, 2.45) is 0 Å². The Morgan fingerprint density at radius 1 is 1.16 bits per heavy atom. The average Bonchev–Trinajstić information content (AvgIpc) is 2.56. The Balaban J connectivity index is 1.97. The van der Waals surface area contributed by atoms with Gasteiger partial charge in [0.15, 0.2) is 5.11 Å². The molecule has 1 atom stereocenters. The first kappa shape index (κ1) is 17.7. The molecule has 3 rings (SSSR count). The smallest absolute Gasteiger partial charge is 0.255 e. The van der Waals surface area contributed by atoms with E-state index in [9.17, 15) is 4.79 Å². The molecule has 1 aliphatic rings. The lowest BCUT2D eigenvalue weighted by atomic mass is 9.95. The number of carbonyl (C=O) groups excluding carboxylic acids is 1. The Morgan fingerprint density at radius 2 is 1.92 bits per heavy atom. The molecule has 0 aliphatic carbocycles. The number of anilines is 1. The normalized spacial score (nSPS) is 16.9. The standard InChI is InChI=1S/C18H15Cl2N3OS/c1-10-15(17(24)22-14-8-3-2-7-13(14)20)16(23-18(25)21-10)11-5-4-6-12(19)9-11/h2-9,16H,1H3,(H,22,24)(H2,21,23,25). The fourth-order valence-corrected chi connectivity index (χ4v) is 3.34. The molecular formula is C18H15Cl2N3OS. The third-order valence-electron chi connectivity index (χ3n) is 3.82. The molecule has 0 saturated carbocycles. The lowest BCUT2D eigenvalue weighted by molar-refractivity contribution is -0.113. The van der Waals surface area contributed by atoms with Crippen molar-refractivity contribution >= 4 is 52.1 Å². The van der Waals surface area contributed by atoms with Gasteiger partial charge in [-0.2, -0.15) is 0 Å². The number of hydrogen-bond donors (Lipinski definition) is 3. The number of benzene rings is 2. The van der Waals surface area contributed by atoms with Gasteiger partial charge in [-0.15, -0.1) is 0 Å². The summed E-state index contributed by atoms with van der Waals surface area (Å²) in [5.74, 6) is -0.266. The first-order valence-electron chi connectivity index (χ1n) is 7.55.